The SMILES string of the molecule is Cc1cccc(OCC(=O)N2CCc3c(c(-c4nc(C)no4)nn3C)C2)c1. The van der Waals surface area contributed by atoms with Crippen molar-refractivity contribution in [2.45, 2.75) is 26.8 Å². The van der Waals surface area contributed by atoms with Crippen molar-refractivity contribution >= 4 is 5.91 Å². The molecule has 0 atom stereocenters. The highest BCUT2D eigenvalue weighted by atomic mass is 16.5. The van der Waals surface area contributed by atoms with E-state index in [0.29, 0.717) is 36.2 Å². The molecule has 4 rings (SSSR count). The molecule has 2 aromatic heterocycles. The van der Waals surface area contributed by atoms with Gasteiger partial charge >= 0.3 is 0 Å². The molecular weight excluding hydrogens is 346 g/mol. The van der Waals surface area contributed by atoms with Crippen LogP contribution in [0.2, 0.25) is 0 Å². The van der Waals surface area contributed by atoms with Crippen molar-refractivity contribution < 1.29 is 14.1 Å². The summed E-state index contributed by atoms with van der Waals surface area (Å²) in [6, 6.07) is 7.67. The van der Waals surface area contributed by atoms with Crippen LogP contribution in [0.3, 0.4) is 0 Å². The lowest BCUT2D eigenvalue weighted by molar-refractivity contribution is -0.134. The van der Waals surface area contributed by atoms with Crippen LogP contribution in [0.1, 0.15) is 22.6 Å². The minimum absolute atomic E-state index is 0.00798. The lowest BCUT2D eigenvalue weighted by atomic mass is 10.0. The lowest BCUT2D eigenvalue weighted by Gasteiger charge is -2.27. The fraction of sp³-hybridized carbons (Fsp3) is 0.368. The number of carbonyl (C=O) groups is 1. The minimum atomic E-state index is -0.0568. The number of amides is 1. The van der Waals surface area contributed by atoms with Crippen LogP contribution in [0, 0.1) is 13.8 Å². The molecule has 140 valence electrons. The fourth-order valence-corrected chi connectivity index (χ4v) is 3.31. The van der Waals surface area contributed by atoms with Crippen LogP contribution >= 0.6 is 0 Å². The normalized spacial score (nSPS) is 13.5. The molecule has 3 aromatic rings. The number of carbonyl (C=O) groups excluding carboxylic acids is 1. The number of hydrogen-bond acceptors (Lipinski definition) is 6. The zero-order valence-electron chi connectivity index (χ0n) is 15.6. The Morgan fingerprint density at radius 1 is 1.33 bits per heavy atom. The number of ether oxygens (including phenoxy) is 1. The molecule has 0 unspecified atom stereocenters. The average Bonchev–Trinajstić information content (AvgIpc) is 3.23. The number of nitrogens with zero attached hydrogens (tertiary/aromatic N) is 5. The summed E-state index contributed by atoms with van der Waals surface area (Å²) >= 11 is 0. The summed E-state index contributed by atoms with van der Waals surface area (Å²) in [6.45, 7) is 4.85. The Bertz CT molecular complexity index is 991. The van der Waals surface area contributed by atoms with Crippen LogP contribution < -0.4 is 4.74 Å². The molecule has 1 amide bonds. The van der Waals surface area contributed by atoms with E-state index in [1.165, 1.54) is 0 Å². The van der Waals surface area contributed by atoms with Gasteiger partial charge in [0.2, 0.25) is 0 Å². The van der Waals surface area contributed by atoms with Crippen molar-refractivity contribution in [2.24, 2.45) is 7.05 Å². The molecule has 1 aromatic carbocycles. The monoisotopic (exact) mass is 367 g/mol. The summed E-state index contributed by atoms with van der Waals surface area (Å²) in [6.07, 6.45) is 0.724. The molecule has 1 aliphatic rings. The second-order valence-electron chi connectivity index (χ2n) is 6.71. The molecule has 0 radical (unpaired) electrons. The molecule has 0 N–H and O–H groups in total. The Kier molecular flexibility index (Phi) is 4.39. The number of aryl methyl sites for hydroxylation is 3. The minimum Gasteiger partial charge on any atom is -0.484 e. The predicted octanol–water partition coefficient (Wildman–Crippen LogP) is 2.05. The topological polar surface area (TPSA) is 86.3 Å². The summed E-state index contributed by atoms with van der Waals surface area (Å²) in [7, 11) is 1.89. The first-order chi connectivity index (χ1) is 13.0. The van der Waals surface area contributed by atoms with Crippen molar-refractivity contribution in [2.75, 3.05) is 13.2 Å². The standard InChI is InChI=1S/C19H21N5O3/c1-12-5-4-6-14(9-12)26-11-17(25)24-8-7-16-15(10-24)18(21-23(16)3)19-20-13(2)22-27-19/h4-6,9H,7-8,10-11H2,1-3H3. The van der Waals surface area contributed by atoms with Gasteiger partial charge in [-0.25, -0.2) is 0 Å². The summed E-state index contributed by atoms with van der Waals surface area (Å²) in [4.78, 5) is 18.7. The summed E-state index contributed by atoms with van der Waals surface area (Å²) < 4.78 is 12.8. The van der Waals surface area contributed by atoms with Crippen molar-refractivity contribution in [3.63, 3.8) is 0 Å². The molecule has 27 heavy (non-hydrogen) atoms. The van der Waals surface area contributed by atoms with E-state index in [-0.39, 0.29) is 12.5 Å². The quantitative estimate of drug-likeness (QED) is 0.701. The average molecular weight is 367 g/mol. The van der Waals surface area contributed by atoms with Gasteiger partial charge in [0.1, 0.15) is 5.75 Å². The summed E-state index contributed by atoms with van der Waals surface area (Å²) in [5.41, 5.74) is 3.78. The number of benzene rings is 1. The van der Waals surface area contributed by atoms with E-state index in [2.05, 4.69) is 15.2 Å². The largest absolute Gasteiger partial charge is 0.484 e. The van der Waals surface area contributed by atoms with Crippen molar-refractivity contribution in [1.82, 2.24) is 24.8 Å². The van der Waals surface area contributed by atoms with E-state index in [4.69, 9.17) is 9.26 Å². The van der Waals surface area contributed by atoms with E-state index in [1.54, 1.807) is 11.8 Å². The molecule has 0 spiro atoms. The third-order valence-electron chi connectivity index (χ3n) is 4.68. The second kappa shape index (κ2) is 6.86. The van der Waals surface area contributed by atoms with Gasteiger partial charge in [0.15, 0.2) is 18.1 Å². The first kappa shape index (κ1) is 17.3. The van der Waals surface area contributed by atoms with Gasteiger partial charge < -0.3 is 14.2 Å². The van der Waals surface area contributed by atoms with Gasteiger partial charge in [0.25, 0.3) is 11.8 Å². The van der Waals surface area contributed by atoms with Gasteiger partial charge in [-0.3, -0.25) is 9.48 Å². The highest BCUT2D eigenvalue weighted by molar-refractivity contribution is 5.78. The number of aromatic nitrogens is 4. The summed E-state index contributed by atoms with van der Waals surface area (Å²) in [5, 5.41) is 8.36. The molecule has 0 bridgehead atoms. The van der Waals surface area contributed by atoms with E-state index in [1.807, 2.05) is 42.9 Å². The highest BCUT2D eigenvalue weighted by Gasteiger charge is 2.29. The first-order valence-electron chi connectivity index (χ1n) is 8.84. The molecule has 0 fully saturated rings. The third-order valence-corrected chi connectivity index (χ3v) is 4.68. The van der Waals surface area contributed by atoms with Crippen LogP contribution in [0.25, 0.3) is 11.6 Å². The summed E-state index contributed by atoms with van der Waals surface area (Å²) in [5.74, 6) is 1.58. The Morgan fingerprint density at radius 3 is 2.93 bits per heavy atom. The van der Waals surface area contributed by atoms with Crippen LogP contribution in [0.4, 0.5) is 0 Å². The van der Waals surface area contributed by atoms with Crippen LogP contribution in [0.15, 0.2) is 28.8 Å². The Labute approximate surface area is 156 Å². The molecule has 8 nitrogen and oxygen atoms in total. The predicted molar refractivity (Wildman–Crippen MR) is 97.0 cm³/mol. The Morgan fingerprint density at radius 2 is 2.19 bits per heavy atom. The van der Waals surface area contributed by atoms with Gasteiger partial charge in [-0.05, 0) is 31.5 Å². The maximum atomic E-state index is 12.6. The van der Waals surface area contributed by atoms with Gasteiger partial charge in [0, 0.05) is 37.8 Å². The highest BCUT2D eigenvalue weighted by Crippen LogP contribution is 2.28. The lowest BCUT2D eigenvalue weighted by Crippen LogP contribution is -2.39. The molecular formula is C19H21N5O3. The van der Waals surface area contributed by atoms with Gasteiger partial charge in [-0.15, -0.1) is 0 Å². The first-order valence-corrected chi connectivity index (χ1v) is 8.84. The van der Waals surface area contributed by atoms with Gasteiger partial charge in [0.05, 0.1) is 0 Å². The smallest absolute Gasteiger partial charge is 0.278 e. The van der Waals surface area contributed by atoms with Crippen LogP contribution in [0.5, 0.6) is 5.75 Å². The van der Waals surface area contributed by atoms with E-state index >= 15 is 0 Å². The molecule has 0 aliphatic carbocycles. The Balaban J connectivity index is 1.50. The van der Waals surface area contributed by atoms with E-state index in [9.17, 15) is 4.79 Å². The molecule has 1 aliphatic heterocycles. The molecule has 8 heteroatoms. The van der Waals surface area contributed by atoms with E-state index < -0.39 is 0 Å². The van der Waals surface area contributed by atoms with Gasteiger partial charge in [-0.1, -0.05) is 17.3 Å². The fourth-order valence-electron chi connectivity index (χ4n) is 3.31. The Hall–Kier alpha value is -3.16. The number of fused-ring (bicyclic) bond motifs is 1. The number of rotatable bonds is 4. The maximum Gasteiger partial charge on any atom is 0.278 e. The van der Waals surface area contributed by atoms with Crippen molar-refractivity contribution in [1.29, 1.82) is 0 Å². The number of hydrogen-bond donors (Lipinski definition) is 0. The van der Waals surface area contributed by atoms with Crippen LogP contribution in [-0.2, 0) is 24.8 Å². The molecule has 0 saturated carbocycles. The van der Waals surface area contributed by atoms with E-state index in [0.717, 1.165) is 23.2 Å². The van der Waals surface area contributed by atoms with Crippen molar-refractivity contribution in [3.05, 3.63) is 46.9 Å². The van der Waals surface area contributed by atoms with Crippen molar-refractivity contribution in [3.8, 4) is 17.3 Å². The zero-order chi connectivity index (χ0) is 19.0. The van der Waals surface area contributed by atoms with Crippen LogP contribution in [-0.4, -0.2) is 43.9 Å². The van der Waals surface area contributed by atoms with Gasteiger partial charge in [-0.2, -0.15) is 10.1 Å². The zero-order valence-corrected chi connectivity index (χ0v) is 15.6. The third kappa shape index (κ3) is 3.42. The second-order valence-corrected chi connectivity index (χ2v) is 6.71. The maximum absolute atomic E-state index is 12.6. The molecule has 0 saturated heterocycles. The molecule has 3 heterocycles.